The molecule has 0 saturated heterocycles. The van der Waals surface area contributed by atoms with Crippen LogP contribution >= 0.6 is 0 Å². The fraction of sp³-hybridized carbons (Fsp3) is 0.280. The van der Waals surface area contributed by atoms with Crippen LogP contribution in [0.1, 0.15) is 40.2 Å². The van der Waals surface area contributed by atoms with Crippen LogP contribution in [0.25, 0.3) is 0 Å². The number of benzene rings is 2. The molecule has 1 aromatic heterocycles. The molecule has 6 nitrogen and oxygen atoms in total. The first kappa shape index (κ1) is 22.2. The van der Waals surface area contributed by atoms with Crippen LogP contribution in [0.3, 0.4) is 0 Å². The van der Waals surface area contributed by atoms with Gasteiger partial charge in [-0.25, -0.2) is 0 Å². The number of carbonyl (C=O) groups is 1. The molecule has 1 heterocycles. The average Bonchev–Trinajstić information content (AvgIpc) is 3.32. The number of hydrogen-bond acceptors (Lipinski definition) is 3. The summed E-state index contributed by atoms with van der Waals surface area (Å²) in [4.78, 5) is 16.6. The third-order valence-corrected chi connectivity index (χ3v) is 4.98. The number of aliphatic imine (C=N–C) groups is 1. The van der Waals surface area contributed by atoms with Crippen molar-refractivity contribution in [2.75, 3.05) is 20.1 Å². The van der Waals surface area contributed by atoms with Crippen LogP contribution in [0.5, 0.6) is 0 Å². The third-order valence-electron chi connectivity index (χ3n) is 4.98. The summed E-state index contributed by atoms with van der Waals surface area (Å²) in [5, 5.41) is 9.57. The van der Waals surface area contributed by atoms with Gasteiger partial charge in [-0.1, -0.05) is 42.5 Å². The van der Waals surface area contributed by atoms with Crippen LogP contribution in [-0.4, -0.2) is 32.0 Å². The lowest BCUT2D eigenvalue weighted by Gasteiger charge is -2.19. The van der Waals surface area contributed by atoms with Crippen molar-refractivity contribution in [2.24, 2.45) is 4.99 Å². The molecule has 0 fully saturated rings. The monoisotopic (exact) mass is 418 g/mol. The van der Waals surface area contributed by atoms with Crippen molar-refractivity contribution >= 4 is 11.9 Å². The highest BCUT2D eigenvalue weighted by Gasteiger charge is 2.08. The molecule has 0 aliphatic heterocycles. The van der Waals surface area contributed by atoms with Gasteiger partial charge in [0.25, 0.3) is 5.91 Å². The van der Waals surface area contributed by atoms with Gasteiger partial charge in [-0.05, 0) is 48.7 Å². The van der Waals surface area contributed by atoms with E-state index in [-0.39, 0.29) is 11.9 Å². The lowest BCUT2D eigenvalue weighted by atomic mass is 10.1. The molecule has 6 heteroatoms. The maximum absolute atomic E-state index is 11.9. The zero-order valence-corrected chi connectivity index (χ0v) is 18.1. The molecule has 1 unspecified atom stereocenters. The Morgan fingerprint density at radius 3 is 2.61 bits per heavy atom. The van der Waals surface area contributed by atoms with Gasteiger partial charge in [0.15, 0.2) is 5.96 Å². The summed E-state index contributed by atoms with van der Waals surface area (Å²) in [5.74, 6) is 1.60. The molecule has 0 aliphatic carbocycles. The highest BCUT2D eigenvalue weighted by atomic mass is 16.3. The minimum Gasteiger partial charge on any atom is -0.469 e. The Morgan fingerprint density at radius 2 is 1.87 bits per heavy atom. The van der Waals surface area contributed by atoms with Gasteiger partial charge in [0, 0.05) is 32.1 Å². The Hall–Kier alpha value is -3.54. The first-order chi connectivity index (χ1) is 15.2. The summed E-state index contributed by atoms with van der Waals surface area (Å²) in [6, 6.07) is 21.9. The Labute approximate surface area is 183 Å². The first-order valence-corrected chi connectivity index (χ1v) is 10.6. The minimum atomic E-state index is -0.0756. The van der Waals surface area contributed by atoms with Crippen LogP contribution in [0.2, 0.25) is 0 Å². The summed E-state index contributed by atoms with van der Waals surface area (Å²) in [6.45, 7) is 3.44. The maximum Gasteiger partial charge on any atom is 0.251 e. The number of furan rings is 1. The van der Waals surface area contributed by atoms with E-state index in [0.717, 1.165) is 30.1 Å². The molecule has 0 spiro atoms. The average molecular weight is 419 g/mol. The quantitative estimate of drug-likeness (QED) is 0.366. The fourth-order valence-corrected chi connectivity index (χ4v) is 3.25. The second kappa shape index (κ2) is 11.6. The predicted octanol–water partition coefficient (Wildman–Crippen LogP) is 3.72. The Kier molecular flexibility index (Phi) is 8.29. The predicted molar refractivity (Wildman–Crippen MR) is 124 cm³/mol. The normalized spacial score (nSPS) is 12.3. The fourth-order valence-electron chi connectivity index (χ4n) is 3.25. The van der Waals surface area contributed by atoms with E-state index in [4.69, 9.17) is 9.41 Å². The van der Waals surface area contributed by atoms with Gasteiger partial charge in [0.05, 0.1) is 12.3 Å². The SMILES string of the molecule is CNC(=O)c1cccc(CCNC(=NCCc2ccco2)NC(C)c2ccccc2)c1. The molecule has 0 saturated carbocycles. The highest BCUT2D eigenvalue weighted by molar-refractivity contribution is 5.94. The van der Waals surface area contributed by atoms with Crippen molar-refractivity contribution < 1.29 is 9.21 Å². The summed E-state index contributed by atoms with van der Waals surface area (Å²) in [7, 11) is 1.64. The molecule has 0 bridgehead atoms. The molecule has 2 aromatic carbocycles. The Bertz CT molecular complexity index is 968. The van der Waals surface area contributed by atoms with E-state index in [1.54, 1.807) is 13.3 Å². The smallest absolute Gasteiger partial charge is 0.251 e. The molecule has 1 amide bonds. The van der Waals surface area contributed by atoms with Crippen LogP contribution < -0.4 is 16.0 Å². The van der Waals surface area contributed by atoms with Crippen LogP contribution in [0, 0.1) is 0 Å². The van der Waals surface area contributed by atoms with Gasteiger partial charge in [-0.3, -0.25) is 9.79 Å². The molecular formula is C25H30N4O2. The standard InChI is InChI=1S/C25H30N4O2/c1-19(21-9-4-3-5-10-21)29-25(28-16-14-23-12-7-17-31-23)27-15-13-20-8-6-11-22(18-20)24(30)26-2/h3-12,17-19H,13-16H2,1-2H3,(H,26,30)(H2,27,28,29). The Balaban J connectivity index is 1.61. The summed E-state index contributed by atoms with van der Waals surface area (Å²) < 4.78 is 5.40. The Morgan fingerprint density at radius 1 is 1.03 bits per heavy atom. The van der Waals surface area contributed by atoms with Crippen molar-refractivity contribution in [1.29, 1.82) is 0 Å². The van der Waals surface area contributed by atoms with Crippen molar-refractivity contribution in [3.8, 4) is 0 Å². The van der Waals surface area contributed by atoms with Gasteiger partial charge < -0.3 is 20.4 Å². The minimum absolute atomic E-state index is 0.0756. The zero-order valence-electron chi connectivity index (χ0n) is 18.1. The molecule has 0 radical (unpaired) electrons. The van der Waals surface area contributed by atoms with E-state index >= 15 is 0 Å². The topological polar surface area (TPSA) is 78.7 Å². The maximum atomic E-state index is 11.9. The number of guanidine groups is 1. The number of amides is 1. The van der Waals surface area contributed by atoms with Crippen molar-refractivity contribution in [2.45, 2.75) is 25.8 Å². The van der Waals surface area contributed by atoms with Crippen LogP contribution in [0.15, 0.2) is 82.4 Å². The molecule has 162 valence electrons. The van der Waals surface area contributed by atoms with E-state index in [0.29, 0.717) is 18.7 Å². The summed E-state index contributed by atoms with van der Waals surface area (Å²) in [6.07, 6.45) is 3.21. The lowest BCUT2D eigenvalue weighted by molar-refractivity contribution is 0.0963. The second-order valence-electron chi connectivity index (χ2n) is 7.29. The van der Waals surface area contributed by atoms with E-state index in [1.807, 2.05) is 54.6 Å². The lowest BCUT2D eigenvalue weighted by Crippen LogP contribution is -2.40. The van der Waals surface area contributed by atoms with E-state index in [1.165, 1.54) is 5.56 Å². The van der Waals surface area contributed by atoms with Gasteiger partial charge in [-0.15, -0.1) is 0 Å². The molecule has 0 aliphatic rings. The number of rotatable bonds is 9. The van der Waals surface area contributed by atoms with E-state index < -0.39 is 0 Å². The molecule has 31 heavy (non-hydrogen) atoms. The number of carbonyl (C=O) groups excluding carboxylic acids is 1. The van der Waals surface area contributed by atoms with Gasteiger partial charge in [0.2, 0.25) is 0 Å². The summed E-state index contributed by atoms with van der Waals surface area (Å²) in [5.41, 5.74) is 2.96. The van der Waals surface area contributed by atoms with Crippen LogP contribution in [-0.2, 0) is 12.8 Å². The molecule has 3 N–H and O–H groups in total. The van der Waals surface area contributed by atoms with Gasteiger partial charge >= 0.3 is 0 Å². The zero-order chi connectivity index (χ0) is 21.9. The van der Waals surface area contributed by atoms with Crippen molar-refractivity contribution in [1.82, 2.24) is 16.0 Å². The van der Waals surface area contributed by atoms with Gasteiger partial charge in [0.1, 0.15) is 5.76 Å². The van der Waals surface area contributed by atoms with E-state index in [9.17, 15) is 4.79 Å². The first-order valence-electron chi connectivity index (χ1n) is 10.6. The number of nitrogens with zero attached hydrogens (tertiary/aromatic N) is 1. The largest absolute Gasteiger partial charge is 0.469 e. The number of nitrogens with one attached hydrogen (secondary N) is 3. The summed E-state index contributed by atoms with van der Waals surface area (Å²) >= 11 is 0. The molecule has 1 atom stereocenters. The number of hydrogen-bond donors (Lipinski definition) is 3. The van der Waals surface area contributed by atoms with E-state index in [2.05, 4.69) is 35.0 Å². The molecule has 3 aromatic rings. The van der Waals surface area contributed by atoms with Gasteiger partial charge in [-0.2, -0.15) is 0 Å². The molecule has 3 rings (SSSR count). The highest BCUT2D eigenvalue weighted by Crippen LogP contribution is 2.11. The second-order valence-corrected chi connectivity index (χ2v) is 7.29. The van der Waals surface area contributed by atoms with Crippen molar-refractivity contribution in [3.05, 3.63) is 95.4 Å². The van der Waals surface area contributed by atoms with Crippen molar-refractivity contribution in [3.63, 3.8) is 0 Å². The third kappa shape index (κ3) is 7.03. The molecular weight excluding hydrogens is 388 g/mol. The van der Waals surface area contributed by atoms with Crippen LogP contribution in [0.4, 0.5) is 0 Å².